The van der Waals surface area contributed by atoms with Crippen molar-refractivity contribution < 1.29 is 29.2 Å². The Morgan fingerprint density at radius 1 is 0.821 bits per heavy atom. The second-order valence-corrected chi connectivity index (χ2v) is 9.59. The zero-order valence-corrected chi connectivity index (χ0v) is 22.5. The van der Waals surface area contributed by atoms with Crippen LogP contribution in [0.15, 0.2) is 95.5 Å². The minimum Gasteiger partial charge on any atom is -0.427 e. The van der Waals surface area contributed by atoms with Crippen LogP contribution in [0.1, 0.15) is 20.7 Å². The van der Waals surface area contributed by atoms with E-state index >= 15 is 0 Å². The number of fused-ring (bicyclic) bond motifs is 1. The third-order valence-corrected chi connectivity index (χ3v) is 6.96. The molecule has 0 atom stereocenters. The fraction of sp³-hybridized carbons (Fsp3) is 0. The van der Waals surface area contributed by atoms with Crippen LogP contribution in [0, 0.1) is 0 Å². The third kappa shape index (κ3) is 6.02. The SMILES string of the molecule is Nc1cc2ccccc2cc1OC=O.O=C1C(=O)c2ccc(Br)c3cccc1c23.OB(O)c1ccccc1Cl. The number of carbonyl (C=O) groups excluding carboxylic acids is 3. The van der Waals surface area contributed by atoms with Crippen molar-refractivity contribution in [3.8, 4) is 5.75 Å². The Morgan fingerprint density at radius 3 is 2.05 bits per heavy atom. The minimum absolute atomic E-state index is 0.337. The molecule has 0 heterocycles. The topological polar surface area (TPSA) is 127 Å². The summed E-state index contributed by atoms with van der Waals surface area (Å²) in [5, 5.41) is 21.5. The van der Waals surface area contributed by atoms with Gasteiger partial charge in [-0.25, -0.2) is 0 Å². The zero-order chi connectivity index (χ0) is 28.1. The Hall–Kier alpha value is -4.02. The number of nitrogen functional groups attached to an aromatic ring is 1. The number of ketones is 2. The Balaban J connectivity index is 0.000000139. The van der Waals surface area contributed by atoms with E-state index in [1.165, 1.54) is 0 Å². The number of rotatable bonds is 3. The number of Topliss-reactive ketones (excluding diaryl/α,β-unsaturated/α-hetero) is 2. The lowest BCUT2D eigenvalue weighted by molar-refractivity contribution is -0.120. The van der Waals surface area contributed by atoms with Crippen LogP contribution in [-0.2, 0) is 4.79 Å². The normalized spacial score (nSPS) is 11.4. The number of halogens is 2. The van der Waals surface area contributed by atoms with Crippen LogP contribution in [0.4, 0.5) is 5.69 Å². The van der Waals surface area contributed by atoms with E-state index in [-0.39, 0.29) is 0 Å². The summed E-state index contributed by atoms with van der Waals surface area (Å²) in [6.45, 7) is 0.375. The van der Waals surface area contributed by atoms with Crippen molar-refractivity contribution in [2.45, 2.75) is 0 Å². The molecule has 1 aliphatic rings. The van der Waals surface area contributed by atoms with Gasteiger partial charge in [0.15, 0.2) is 5.75 Å². The summed E-state index contributed by atoms with van der Waals surface area (Å²) in [4.78, 5) is 33.4. The van der Waals surface area contributed by atoms with Crippen LogP contribution < -0.4 is 15.9 Å². The van der Waals surface area contributed by atoms with Gasteiger partial charge < -0.3 is 20.5 Å². The first kappa shape index (κ1) is 28.0. The molecule has 6 rings (SSSR count). The fourth-order valence-corrected chi connectivity index (χ4v) is 4.77. The maximum Gasteiger partial charge on any atom is 0.489 e. The van der Waals surface area contributed by atoms with E-state index < -0.39 is 18.7 Å². The lowest BCUT2D eigenvalue weighted by Crippen LogP contribution is -2.30. The average Bonchev–Trinajstić information content (AvgIpc) is 3.18. The first-order chi connectivity index (χ1) is 18.7. The summed E-state index contributed by atoms with van der Waals surface area (Å²) < 4.78 is 5.65. The van der Waals surface area contributed by atoms with Gasteiger partial charge in [-0.1, -0.05) is 88.2 Å². The number of hydrogen-bond acceptors (Lipinski definition) is 7. The smallest absolute Gasteiger partial charge is 0.427 e. The van der Waals surface area contributed by atoms with Crippen molar-refractivity contribution in [1.82, 2.24) is 0 Å². The van der Waals surface area contributed by atoms with Gasteiger partial charge in [-0.3, -0.25) is 14.4 Å². The number of anilines is 1. The molecule has 10 heteroatoms. The molecule has 0 bridgehead atoms. The van der Waals surface area contributed by atoms with Crippen LogP contribution in [0.3, 0.4) is 0 Å². The maximum atomic E-state index is 11.6. The molecule has 5 aromatic carbocycles. The maximum absolute atomic E-state index is 11.6. The standard InChI is InChI=1S/C12H5BrO2.C11H9NO2.C6H6BClO2/c13-9-5-4-8-10-6(9)2-1-3-7(10)11(14)12(8)15;12-10-5-8-3-1-2-4-9(8)6-11(10)14-7-13;8-6-4-2-1-3-5(6)7(9)10/h1-5H;1-7H,12H2;1-4,9-10H. The number of nitrogens with two attached hydrogens (primary N) is 1. The summed E-state index contributed by atoms with van der Waals surface area (Å²) in [7, 11) is -1.48. The number of benzene rings is 5. The predicted octanol–water partition coefficient (Wildman–Crippen LogP) is 4.96. The molecule has 0 fully saturated rings. The molecule has 0 aromatic heterocycles. The summed E-state index contributed by atoms with van der Waals surface area (Å²) in [5.41, 5.74) is 7.54. The summed E-state index contributed by atoms with van der Waals surface area (Å²) in [5.74, 6) is -0.388. The van der Waals surface area contributed by atoms with E-state index in [2.05, 4.69) is 15.9 Å². The molecule has 4 N–H and O–H groups in total. The molecule has 7 nitrogen and oxygen atoms in total. The molecule has 0 aliphatic heterocycles. The average molecular weight is 605 g/mol. The quantitative estimate of drug-likeness (QED) is 0.115. The predicted molar refractivity (Wildman–Crippen MR) is 157 cm³/mol. The van der Waals surface area contributed by atoms with Crippen LogP contribution in [0.25, 0.3) is 21.5 Å². The van der Waals surface area contributed by atoms with E-state index in [1.54, 1.807) is 60.7 Å². The molecule has 39 heavy (non-hydrogen) atoms. The first-order valence-electron chi connectivity index (χ1n) is 11.5. The van der Waals surface area contributed by atoms with Crippen LogP contribution in [-0.4, -0.2) is 35.2 Å². The molecule has 5 aromatic rings. The van der Waals surface area contributed by atoms with Crippen molar-refractivity contribution in [3.05, 3.63) is 112 Å². The highest BCUT2D eigenvalue weighted by Crippen LogP contribution is 2.34. The number of ether oxygens (including phenoxy) is 1. The molecule has 0 radical (unpaired) electrons. The zero-order valence-electron chi connectivity index (χ0n) is 20.2. The second kappa shape index (κ2) is 12.2. The van der Waals surface area contributed by atoms with E-state index in [1.807, 2.05) is 30.3 Å². The molecule has 0 amide bonds. The Kier molecular flexibility index (Phi) is 8.78. The molecular weight excluding hydrogens is 584 g/mol. The van der Waals surface area contributed by atoms with Gasteiger partial charge in [0.25, 0.3) is 6.47 Å². The van der Waals surface area contributed by atoms with Crippen LogP contribution in [0.5, 0.6) is 5.75 Å². The van der Waals surface area contributed by atoms with Crippen LogP contribution in [0.2, 0.25) is 5.02 Å². The highest BCUT2D eigenvalue weighted by Gasteiger charge is 2.30. The van der Waals surface area contributed by atoms with Gasteiger partial charge >= 0.3 is 7.12 Å². The monoisotopic (exact) mass is 603 g/mol. The number of carbonyl (C=O) groups is 3. The molecule has 0 unspecified atom stereocenters. The van der Waals surface area contributed by atoms with Gasteiger partial charge in [-0.05, 0) is 46.5 Å². The van der Waals surface area contributed by atoms with Crippen molar-refractivity contribution in [3.63, 3.8) is 0 Å². The van der Waals surface area contributed by atoms with Gasteiger partial charge in [-0.2, -0.15) is 0 Å². The van der Waals surface area contributed by atoms with Crippen molar-refractivity contribution in [2.75, 3.05) is 5.73 Å². The van der Waals surface area contributed by atoms with E-state index in [9.17, 15) is 14.4 Å². The highest BCUT2D eigenvalue weighted by atomic mass is 79.9. The number of hydrogen-bond donors (Lipinski definition) is 3. The largest absolute Gasteiger partial charge is 0.489 e. The minimum atomic E-state index is -1.48. The van der Waals surface area contributed by atoms with Gasteiger partial charge in [-0.15, -0.1) is 0 Å². The Morgan fingerprint density at radius 2 is 1.44 bits per heavy atom. The summed E-state index contributed by atoms with van der Waals surface area (Å²) in [6.07, 6.45) is 0. The van der Waals surface area contributed by atoms with Gasteiger partial charge in [0, 0.05) is 31.5 Å². The lowest BCUT2D eigenvalue weighted by Gasteiger charge is -2.04. The molecule has 1 aliphatic carbocycles. The van der Waals surface area contributed by atoms with Crippen molar-refractivity contribution in [2.24, 2.45) is 0 Å². The summed E-state index contributed by atoms with van der Waals surface area (Å²) >= 11 is 9.01. The lowest BCUT2D eigenvalue weighted by atomic mass is 9.80. The van der Waals surface area contributed by atoms with Gasteiger partial charge in [0.1, 0.15) is 0 Å². The highest BCUT2D eigenvalue weighted by molar-refractivity contribution is 9.10. The van der Waals surface area contributed by atoms with Gasteiger partial charge in [0.05, 0.1) is 5.69 Å². The Bertz CT molecular complexity index is 1710. The Labute approximate surface area is 237 Å². The third-order valence-electron chi connectivity index (χ3n) is 5.92. The van der Waals surface area contributed by atoms with Crippen molar-refractivity contribution >= 4 is 85.4 Å². The second-order valence-electron chi connectivity index (χ2n) is 8.33. The summed E-state index contributed by atoms with van der Waals surface area (Å²) in [6, 6.07) is 26.8. The fourth-order valence-electron chi connectivity index (χ4n) is 4.07. The molecule has 0 saturated carbocycles. The van der Waals surface area contributed by atoms with Crippen molar-refractivity contribution in [1.29, 1.82) is 0 Å². The van der Waals surface area contributed by atoms with E-state index in [4.69, 9.17) is 32.1 Å². The molecule has 0 saturated heterocycles. The van der Waals surface area contributed by atoms with E-state index in [0.717, 1.165) is 26.0 Å². The molecular formula is C29H20BBrClNO6. The van der Waals surface area contributed by atoms with E-state index in [0.29, 0.717) is 39.5 Å². The first-order valence-corrected chi connectivity index (χ1v) is 12.7. The van der Waals surface area contributed by atoms with Crippen LogP contribution >= 0.6 is 27.5 Å². The van der Waals surface area contributed by atoms with Gasteiger partial charge in [0.2, 0.25) is 11.6 Å². The molecule has 194 valence electrons. The molecule has 0 spiro atoms.